The number of hydrogen-bond acceptors (Lipinski definition) is 5. The Labute approximate surface area is 122 Å². The van der Waals surface area contributed by atoms with Gasteiger partial charge in [-0.2, -0.15) is 0 Å². The molecule has 1 heterocycles. The summed E-state index contributed by atoms with van der Waals surface area (Å²) in [5.74, 6) is 0. The van der Waals surface area contributed by atoms with Gasteiger partial charge in [-0.15, -0.1) is 0 Å². The van der Waals surface area contributed by atoms with Crippen molar-refractivity contribution in [2.24, 2.45) is 0 Å². The zero-order valence-electron chi connectivity index (χ0n) is 11.4. The summed E-state index contributed by atoms with van der Waals surface area (Å²) in [6, 6.07) is 5.58. The van der Waals surface area contributed by atoms with Crippen LogP contribution in [0.3, 0.4) is 0 Å². The highest BCUT2D eigenvalue weighted by Crippen LogP contribution is 2.38. The van der Waals surface area contributed by atoms with Crippen LogP contribution >= 0.6 is 0 Å². The lowest BCUT2D eigenvalue weighted by atomic mass is 9.95. The van der Waals surface area contributed by atoms with Gasteiger partial charge < -0.3 is 5.32 Å². The summed E-state index contributed by atoms with van der Waals surface area (Å²) in [5.41, 5.74) is -0.885. The number of nitro groups is 1. The van der Waals surface area contributed by atoms with E-state index in [-0.39, 0.29) is 16.6 Å². The highest BCUT2D eigenvalue weighted by atomic mass is 32.2. The van der Waals surface area contributed by atoms with Crippen LogP contribution in [0.1, 0.15) is 25.7 Å². The lowest BCUT2D eigenvalue weighted by Crippen LogP contribution is -2.52. The molecule has 0 amide bonds. The molecule has 1 saturated heterocycles. The van der Waals surface area contributed by atoms with Crippen molar-refractivity contribution in [3.63, 3.8) is 0 Å². The zero-order valence-corrected chi connectivity index (χ0v) is 12.2. The molecule has 0 radical (unpaired) electrons. The van der Waals surface area contributed by atoms with Crippen molar-refractivity contribution in [3.8, 4) is 0 Å². The van der Waals surface area contributed by atoms with Crippen molar-refractivity contribution in [1.29, 1.82) is 0 Å². The second kappa shape index (κ2) is 5.04. The van der Waals surface area contributed by atoms with Crippen molar-refractivity contribution < 1.29 is 13.3 Å². The molecule has 1 saturated carbocycles. The van der Waals surface area contributed by atoms with Gasteiger partial charge >= 0.3 is 0 Å². The topological polar surface area (TPSA) is 101 Å². The van der Waals surface area contributed by atoms with Crippen LogP contribution in [0.25, 0.3) is 0 Å². The molecular formula is C13H17N3O4S. The van der Waals surface area contributed by atoms with Gasteiger partial charge in [-0.25, -0.2) is 13.1 Å². The Hall–Kier alpha value is -1.51. The van der Waals surface area contributed by atoms with E-state index in [1.165, 1.54) is 24.3 Å². The van der Waals surface area contributed by atoms with Gasteiger partial charge in [-0.05, 0) is 38.3 Å². The van der Waals surface area contributed by atoms with Crippen LogP contribution in [0.15, 0.2) is 29.2 Å². The summed E-state index contributed by atoms with van der Waals surface area (Å²) in [5, 5.41) is 14.3. The first-order valence-corrected chi connectivity index (χ1v) is 8.44. The number of benzene rings is 1. The van der Waals surface area contributed by atoms with Crippen molar-refractivity contribution in [2.75, 3.05) is 6.54 Å². The molecule has 1 aromatic rings. The van der Waals surface area contributed by atoms with E-state index in [1.807, 2.05) is 0 Å². The first-order chi connectivity index (χ1) is 9.95. The Morgan fingerprint density at radius 3 is 2.86 bits per heavy atom. The monoisotopic (exact) mass is 311 g/mol. The maximum Gasteiger partial charge on any atom is 0.289 e. The molecule has 2 aliphatic rings. The maximum atomic E-state index is 12.6. The van der Waals surface area contributed by atoms with E-state index in [0.29, 0.717) is 0 Å². The van der Waals surface area contributed by atoms with Gasteiger partial charge in [0.15, 0.2) is 4.90 Å². The van der Waals surface area contributed by atoms with Gasteiger partial charge in [0.05, 0.1) is 4.92 Å². The van der Waals surface area contributed by atoms with Crippen molar-refractivity contribution in [2.45, 2.75) is 42.2 Å². The summed E-state index contributed by atoms with van der Waals surface area (Å²) < 4.78 is 28.0. The number of nitro benzene ring substituents is 1. The third-order valence-electron chi connectivity index (χ3n) is 4.43. The van der Waals surface area contributed by atoms with E-state index in [1.54, 1.807) is 0 Å². The molecule has 2 N–H and O–H groups in total. The molecule has 0 bridgehead atoms. The Morgan fingerprint density at radius 2 is 2.10 bits per heavy atom. The van der Waals surface area contributed by atoms with E-state index in [2.05, 4.69) is 10.0 Å². The smallest absolute Gasteiger partial charge is 0.289 e. The molecule has 114 valence electrons. The van der Waals surface area contributed by atoms with Gasteiger partial charge in [0, 0.05) is 17.6 Å². The highest BCUT2D eigenvalue weighted by Gasteiger charge is 2.49. The molecule has 0 aromatic heterocycles. The fraction of sp³-hybridized carbons (Fsp3) is 0.538. The summed E-state index contributed by atoms with van der Waals surface area (Å²) in [6.45, 7) is 0.768. The van der Waals surface area contributed by atoms with Crippen LogP contribution in [0.2, 0.25) is 0 Å². The van der Waals surface area contributed by atoms with Gasteiger partial charge in [0.25, 0.3) is 5.69 Å². The predicted molar refractivity (Wildman–Crippen MR) is 76.4 cm³/mol. The second-order valence-corrected chi connectivity index (χ2v) is 7.29. The molecule has 2 atom stereocenters. The van der Waals surface area contributed by atoms with Gasteiger partial charge in [0.2, 0.25) is 10.0 Å². The van der Waals surface area contributed by atoms with Crippen LogP contribution in [0.5, 0.6) is 0 Å². The van der Waals surface area contributed by atoms with E-state index in [0.717, 1.165) is 32.2 Å². The average molecular weight is 311 g/mol. The van der Waals surface area contributed by atoms with Gasteiger partial charge in [-0.3, -0.25) is 10.1 Å². The highest BCUT2D eigenvalue weighted by molar-refractivity contribution is 7.89. The number of fused-ring (bicyclic) bond motifs is 1. The van der Waals surface area contributed by atoms with Crippen LogP contribution < -0.4 is 10.0 Å². The van der Waals surface area contributed by atoms with Crippen LogP contribution in [0.4, 0.5) is 5.69 Å². The van der Waals surface area contributed by atoms with E-state index < -0.39 is 20.5 Å². The Bertz CT molecular complexity index is 664. The lowest BCUT2D eigenvalue weighted by molar-refractivity contribution is -0.387. The summed E-state index contributed by atoms with van der Waals surface area (Å²) in [6.07, 6.45) is 3.37. The fourth-order valence-corrected chi connectivity index (χ4v) is 5.14. The van der Waals surface area contributed by atoms with Gasteiger partial charge in [-0.1, -0.05) is 12.1 Å². The maximum absolute atomic E-state index is 12.6. The number of rotatable bonds is 4. The third-order valence-corrected chi connectivity index (χ3v) is 6.03. The van der Waals surface area contributed by atoms with Crippen LogP contribution in [0, 0.1) is 10.1 Å². The molecule has 1 aliphatic carbocycles. The first-order valence-electron chi connectivity index (χ1n) is 6.95. The molecule has 1 aliphatic heterocycles. The molecule has 8 heteroatoms. The molecule has 0 spiro atoms. The normalized spacial score (nSPS) is 28.5. The summed E-state index contributed by atoms with van der Waals surface area (Å²) in [7, 11) is -3.91. The van der Waals surface area contributed by atoms with E-state index in [4.69, 9.17) is 0 Å². The molecule has 21 heavy (non-hydrogen) atoms. The fourth-order valence-electron chi connectivity index (χ4n) is 3.47. The van der Waals surface area contributed by atoms with Crippen molar-refractivity contribution in [1.82, 2.24) is 10.0 Å². The molecule has 7 nitrogen and oxygen atoms in total. The van der Waals surface area contributed by atoms with E-state index in [9.17, 15) is 18.5 Å². The zero-order chi connectivity index (χ0) is 15.1. The number of hydrogen-bond donors (Lipinski definition) is 2. The number of sulfonamides is 1. The van der Waals surface area contributed by atoms with Gasteiger partial charge in [0.1, 0.15) is 0 Å². The minimum absolute atomic E-state index is 0.120. The number of nitrogens with one attached hydrogen (secondary N) is 2. The Morgan fingerprint density at radius 1 is 1.33 bits per heavy atom. The average Bonchev–Trinajstić information content (AvgIpc) is 2.97. The molecule has 3 rings (SSSR count). The van der Waals surface area contributed by atoms with Crippen LogP contribution in [-0.2, 0) is 10.0 Å². The summed E-state index contributed by atoms with van der Waals surface area (Å²) in [4.78, 5) is 10.1. The third kappa shape index (κ3) is 2.43. The predicted octanol–water partition coefficient (Wildman–Crippen LogP) is 1.16. The van der Waals surface area contributed by atoms with Crippen molar-refractivity contribution in [3.05, 3.63) is 34.4 Å². The van der Waals surface area contributed by atoms with Crippen LogP contribution in [-0.4, -0.2) is 31.5 Å². The Kier molecular flexibility index (Phi) is 3.46. The minimum Gasteiger partial charge on any atom is -0.312 e. The number of para-hydroxylation sites is 1. The summed E-state index contributed by atoms with van der Waals surface area (Å²) >= 11 is 0. The molecule has 1 aromatic carbocycles. The quantitative estimate of drug-likeness (QED) is 0.642. The molecular weight excluding hydrogens is 294 g/mol. The largest absolute Gasteiger partial charge is 0.312 e. The Balaban J connectivity index is 1.97. The molecule has 2 fully saturated rings. The molecule has 0 unspecified atom stereocenters. The number of nitrogens with zero attached hydrogens (tertiary/aromatic N) is 1. The van der Waals surface area contributed by atoms with Crippen molar-refractivity contribution >= 4 is 15.7 Å². The van der Waals surface area contributed by atoms with E-state index >= 15 is 0 Å². The standard InChI is InChI=1S/C13H17N3O4S/c17-16(18)10-4-1-2-5-11(10)21(19,20)15-13-7-3-6-12(13)14-9-8-13/h1-2,4-5,12,14-15H,3,6-9H2/t12-,13+/m1/s1. The minimum atomic E-state index is -3.91. The second-order valence-electron chi connectivity index (χ2n) is 5.64. The lowest BCUT2D eigenvalue weighted by Gasteiger charge is -2.29. The SMILES string of the molecule is O=[N+]([O-])c1ccccc1S(=O)(=O)N[C@]12CCC[C@H]1NCC2. The first kappa shape index (κ1) is 14.4.